The first-order chi connectivity index (χ1) is 15.6. The average Bonchev–Trinajstić information content (AvgIpc) is 3.46. The minimum Gasteiger partial charge on any atom is -0.476 e. The zero-order valence-corrected chi connectivity index (χ0v) is 19.4. The monoisotopic (exact) mass is 433 g/mol. The fraction of sp³-hybridized carbons (Fsp3) is 0.654. The molecule has 0 radical (unpaired) electrons. The molecule has 170 valence electrons. The molecule has 6 nitrogen and oxygen atoms in total. The molecule has 3 heterocycles. The van der Waals surface area contributed by atoms with E-state index in [1.807, 2.05) is 37.0 Å². The topological polar surface area (TPSA) is 56.1 Å². The second kappa shape index (κ2) is 8.29. The molecular formula is C26H35N5O. The number of nitrogens with zero attached hydrogens (tertiary/aromatic N) is 5. The molecule has 0 spiro atoms. The van der Waals surface area contributed by atoms with Gasteiger partial charge in [0, 0.05) is 44.5 Å². The van der Waals surface area contributed by atoms with Crippen molar-refractivity contribution in [3.8, 4) is 17.1 Å². The Morgan fingerprint density at radius 3 is 2.47 bits per heavy atom. The highest BCUT2D eigenvalue weighted by Crippen LogP contribution is 2.44. The molecule has 2 aromatic rings. The molecular weight excluding hydrogens is 398 g/mol. The number of likely N-dealkylation sites (tertiary alicyclic amines) is 1. The van der Waals surface area contributed by atoms with Crippen LogP contribution in [0.4, 0.5) is 0 Å². The van der Waals surface area contributed by atoms with E-state index < -0.39 is 0 Å². The third kappa shape index (κ3) is 3.98. The van der Waals surface area contributed by atoms with Gasteiger partial charge in [0.1, 0.15) is 0 Å². The zero-order chi connectivity index (χ0) is 21.7. The Hall–Kier alpha value is -2.21. The lowest BCUT2D eigenvalue weighted by atomic mass is 9.69. The summed E-state index contributed by atoms with van der Waals surface area (Å²) >= 11 is 0. The van der Waals surface area contributed by atoms with Crippen LogP contribution in [-0.4, -0.2) is 51.1 Å². The first-order valence-electron chi connectivity index (χ1n) is 12.5. The van der Waals surface area contributed by atoms with E-state index in [2.05, 4.69) is 32.3 Å². The van der Waals surface area contributed by atoms with Crippen LogP contribution in [0.2, 0.25) is 0 Å². The molecule has 4 aliphatic carbocycles. The van der Waals surface area contributed by atoms with Gasteiger partial charge < -0.3 is 9.64 Å². The molecule has 2 bridgehead atoms. The molecule has 4 unspecified atom stereocenters. The van der Waals surface area contributed by atoms with Crippen molar-refractivity contribution in [1.29, 1.82) is 0 Å². The lowest BCUT2D eigenvalue weighted by Crippen LogP contribution is -2.37. The molecule has 5 aliphatic rings. The summed E-state index contributed by atoms with van der Waals surface area (Å²) in [6.45, 7) is 6.70. The Morgan fingerprint density at radius 2 is 1.88 bits per heavy atom. The fourth-order valence-corrected chi connectivity index (χ4v) is 7.00. The van der Waals surface area contributed by atoms with Gasteiger partial charge in [0.2, 0.25) is 5.88 Å². The predicted molar refractivity (Wildman–Crippen MR) is 124 cm³/mol. The maximum absolute atomic E-state index is 6.05. The second-order valence-corrected chi connectivity index (χ2v) is 10.8. The number of hydrogen-bond acceptors (Lipinski definition) is 5. The zero-order valence-electron chi connectivity index (χ0n) is 19.4. The van der Waals surface area contributed by atoms with Crippen molar-refractivity contribution in [2.45, 2.75) is 39.0 Å². The van der Waals surface area contributed by atoms with E-state index in [-0.39, 0.29) is 0 Å². The molecule has 2 saturated carbocycles. The van der Waals surface area contributed by atoms with E-state index in [0.29, 0.717) is 11.8 Å². The maximum atomic E-state index is 6.05. The SMILES string of the molecule is Cc1nn(C)cc1-c1ccc(OCC2CC3CN(C[C@H]4CC5C=CC4CC5)CC3C2)nn1. The molecule has 32 heavy (non-hydrogen) atoms. The standard InChI is InChI=1S/C26H35N5O/c1-17-24(15-30(2)29-17)25-7-8-26(28-27-25)32-16-19-10-22-13-31(14-23(22)11-19)12-21-9-18-3-5-20(21)6-4-18/h3,5,7-8,15,18-23H,4,6,9-14,16H2,1-2H3/t18?,19?,20?,21-,22?,23?/m1/s1. The van der Waals surface area contributed by atoms with Gasteiger partial charge in [-0.1, -0.05) is 12.2 Å². The highest BCUT2D eigenvalue weighted by molar-refractivity contribution is 5.60. The van der Waals surface area contributed by atoms with Crippen molar-refractivity contribution < 1.29 is 4.74 Å². The average molecular weight is 434 g/mol. The molecule has 0 N–H and O–H groups in total. The highest BCUT2D eigenvalue weighted by Gasteiger charge is 2.42. The largest absolute Gasteiger partial charge is 0.476 e. The summed E-state index contributed by atoms with van der Waals surface area (Å²) in [6.07, 6.45) is 13.9. The van der Waals surface area contributed by atoms with Gasteiger partial charge in [0.25, 0.3) is 0 Å². The number of rotatable bonds is 6. The number of ether oxygens (including phenoxy) is 1. The van der Waals surface area contributed by atoms with E-state index >= 15 is 0 Å². The Bertz CT molecular complexity index is 969. The van der Waals surface area contributed by atoms with Crippen LogP contribution in [0.3, 0.4) is 0 Å². The Labute approximate surface area is 191 Å². The molecule has 1 saturated heterocycles. The number of allylic oxidation sites excluding steroid dienone is 2. The van der Waals surface area contributed by atoms with Crippen molar-refractivity contribution in [3.63, 3.8) is 0 Å². The van der Waals surface area contributed by atoms with Crippen molar-refractivity contribution in [2.75, 3.05) is 26.2 Å². The molecule has 3 fully saturated rings. The maximum Gasteiger partial charge on any atom is 0.233 e. The van der Waals surface area contributed by atoms with Crippen LogP contribution in [-0.2, 0) is 7.05 Å². The summed E-state index contributed by atoms with van der Waals surface area (Å²) in [5, 5.41) is 13.1. The first kappa shape index (κ1) is 20.4. The van der Waals surface area contributed by atoms with Crippen molar-refractivity contribution >= 4 is 0 Å². The van der Waals surface area contributed by atoms with Crippen molar-refractivity contribution in [1.82, 2.24) is 24.9 Å². The lowest BCUT2D eigenvalue weighted by Gasteiger charge is -2.40. The Kier molecular flexibility index (Phi) is 5.28. The van der Waals surface area contributed by atoms with E-state index in [1.54, 1.807) is 0 Å². The molecule has 2 aromatic heterocycles. The van der Waals surface area contributed by atoms with E-state index in [0.717, 1.165) is 53.1 Å². The minimum absolute atomic E-state index is 0.634. The summed E-state index contributed by atoms with van der Waals surface area (Å²) in [5.74, 6) is 5.66. The quantitative estimate of drug-likeness (QED) is 0.642. The van der Waals surface area contributed by atoms with Gasteiger partial charge in [0.15, 0.2) is 0 Å². The van der Waals surface area contributed by atoms with Crippen LogP contribution in [0.25, 0.3) is 11.3 Å². The normalized spacial score (nSPS) is 33.7. The summed E-state index contributed by atoms with van der Waals surface area (Å²) in [6, 6.07) is 3.93. The van der Waals surface area contributed by atoms with E-state index in [4.69, 9.17) is 4.74 Å². The summed E-state index contributed by atoms with van der Waals surface area (Å²) in [5.41, 5.74) is 2.84. The van der Waals surface area contributed by atoms with Gasteiger partial charge >= 0.3 is 0 Å². The summed E-state index contributed by atoms with van der Waals surface area (Å²) in [7, 11) is 1.93. The van der Waals surface area contributed by atoms with E-state index in [1.165, 1.54) is 51.7 Å². The third-order valence-electron chi connectivity index (χ3n) is 8.53. The molecule has 6 heteroatoms. The minimum atomic E-state index is 0.634. The highest BCUT2D eigenvalue weighted by atomic mass is 16.5. The number of aryl methyl sites for hydroxylation is 2. The van der Waals surface area contributed by atoms with Crippen LogP contribution in [0.1, 0.15) is 37.8 Å². The molecule has 5 atom stereocenters. The van der Waals surface area contributed by atoms with Crippen LogP contribution in [0, 0.1) is 42.4 Å². The number of aromatic nitrogens is 4. The smallest absolute Gasteiger partial charge is 0.233 e. The molecule has 0 amide bonds. The molecule has 7 rings (SSSR count). The fourth-order valence-electron chi connectivity index (χ4n) is 7.00. The van der Waals surface area contributed by atoms with Crippen LogP contribution in [0.5, 0.6) is 5.88 Å². The van der Waals surface area contributed by atoms with Gasteiger partial charge in [-0.2, -0.15) is 5.10 Å². The molecule has 1 aliphatic heterocycles. The third-order valence-corrected chi connectivity index (χ3v) is 8.53. The van der Waals surface area contributed by atoms with Crippen molar-refractivity contribution in [2.24, 2.45) is 42.6 Å². The van der Waals surface area contributed by atoms with Crippen LogP contribution in [0.15, 0.2) is 30.5 Å². The van der Waals surface area contributed by atoms with Crippen LogP contribution < -0.4 is 4.74 Å². The Morgan fingerprint density at radius 1 is 1.03 bits per heavy atom. The number of fused-ring (bicyclic) bond motifs is 3. The van der Waals surface area contributed by atoms with Gasteiger partial charge in [-0.25, -0.2) is 0 Å². The molecule has 0 aromatic carbocycles. The van der Waals surface area contributed by atoms with Crippen molar-refractivity contribution in [3.05, 3.63) is 36.2 Å². The summed E-state index contributed by atoms with van der Waals surface area (Å²) < 4.78 is 7.86. The van der Waals surface area contributed by atoms with Crippen LogP contribution >= 0.6 is 0 Å². The second-order valence-electron chi connectivity index (χ2n) is 10.8. The van der Waals surface area contributed by atoms with Gasteiger partial charge in [0.05, 0.1) is 18.0 Å². The predicted octanol–water partition coefficient (Wildman–Crippen LogP) is 4.12. The number of hydrogen-bond donors (Lipinski definition) is 0. The summed E-state index contributed by atoms with van der Waals surface area (Å²) in [4.78, 5) is 2.79. The van der Waals surface area contributed by atoms with Gasteiger partial charge in [-0.15, -0.1) is 10.2 Å². The van der Waals surface area contributed by atoms with Gasteiger partial charge in [-0.05, 0) is 80.6 Å². The van der Waals surface area contributed by atoms with Gasteiger partial charge in [-0.3, -0.25) is 4.68 Å². The Balaban J connectivity index is 0.976. The lowest BCUT2D eigenvalue weighted by molar-refractivity contribution is 0.151. The van der Waals surface area contributed by atoms with E-state index in [9.17, 15) is 0 Å². The first-order valence-corrected chi connectivity index (χ1v) is 12.5.